The van der Waals surface area contributed by atoms with Gasteiger partial charge >= 0.3 is 6.03 Å². The fourth-order valence-electron chi connectivity index (χ4n) is 4.41. The van der Waals surface area contributed by atoms with Gasteiger partial charge in [-0.3, -0.25) is 4.79 Å². The van der Waals surface area contributed by atoms with E-state index in [9.17, 15) is 9.59 Å². The Morgan fingerprint density at radius 2 is 1.58 bits per heavy atom. The second-order valence-electron chi connectivity index (χ2n) is 8.21. The molecule has 1 unspecified atom stereocenters. The predicted octanol–water partition coefficient (Wildman–Crippen LogP) is 0.894. The minimum Gasteiger partial charge on any atom is -0.368 e. The second kappa shape index (κ2) is 8.13. The number of hydrogen-bond acceptors (Lipinski definition) is 4. The number of likely N-dealkylation sites (tertiary alicyclic amines) is 1. The molecule has 1 N–H and O–H groups in total. The van der Waals surface area contributed by atoms with Gasteiger partial charge in [0.05, 0.1) is 0 Å². The molecule has 0 radical (unpaired) electrons. The Hall–Kier alpha value is -1.34. The van der Waals surface area contributed by atoms with Crippen LogP contribution < -0.4 is 5.32 Å². The zero-order valence-electron chi connectivity index (χ0n) is 15.7. The summed E-state index contributed by atoms with van der Waals surface area (Å²) in [6, 6.07) is 0.887. The van der Waals surface area contributed by atoms with Gasteiger partial charge in [0.25, 0.3) is 5.91 Å². The summed E-state index contributed by atoms with van der Waals surface area (Å²) in [5, 5.41) is 3.12. The Morgan fingerprint density at radius 1 is 0.885 bits per heavy atom. The molecule has 3 saturated heterocycles. The smallest absolute Gasteiger partial charge is 0.317 e. The summed E-state index contributed by atoms with van der Waals surface area (Å²) < 4.78 is 5.49. The summed E-state index contributed by atoms with van der Waals surface area (Å²) in [5.74, 6) is 0.710. The average Bonchev–Trinajstić information content (AvgIpc) is 3.40. The molecule has 146 valence electrons. The van der Waals surface area contributed by atoms with E-state index in [1.807, 2.05) is 9.80 Å². The van der Waals surface area contributed by atoms with E-state index in [0.717, 1.165) is 25.4 Å². The molecule has 3 amide bonds. The molecule has 0 bridgehead atoms. The van der Waals surface area contributed by atoms with Gasteiger partial charge < -0.3 is 24.8 Å². The standard InChI is InChI=1S/C19H32N4O3/c24-18(17-2-1-13-26-17)22-9-11-23(12-10-22)19(25)20-14-15-5-7-21(8-6-15)16-3-4-16/h15-17H,1-14H2,(H,20,25). The largest absolute Gasteiger partial charge is 0.368 e. The summed E-state index contributed by atoms with van der Waals surface area (Å²) in [7, 11) is 0. The number of piperazine rings is 1. The van der Waals surface area contributed by atoms with Crippen LogP contribution in [0.1, 0.15) is 38.5 Å². The van der Waals surface area contributed by atoms with Gasteiger partial charge in [-0.05, 0) is 57.5 Å². The number of nitrogens with one attached hydrogen (secondary N) is 1. The Balaban J connectivity index is 1.14. The van der Waals surface area contributed by atoms with Crippen molar-refractivity contribution < 1.29 is 14.3 Å². The van der Waals surface area contributed by atoms with Crippen molar-refractivity contribution in [2.24, 2.45) is 5.92 Å². The number of ether oxygens (including phenoxy) is 1. The van der Waals surface area contributed by atoms with Gasteiger partial charge in [0.15, 0.2) is 0 Å². The zero-order chi connectivity index (χ0) is 17.9. The van der Waals surface area contributed by atoms with Crippen molar-refractivity contribution in [3.63, 3.8) is 0 Å². The molecular weight excluding hydrogens is 332 g/mol. The lowest BCUT2D eigenvalue weighted by Crippen LogP contribution is -2.55. The minimum absolute atomic E-state index is 0.0267. The van der Waals surface area contributed by atoms with Gasteiger partial charge in [0, 0.05) is 45.4 Å². The molecular formula is C19H32N4O3. The van der Waals surface area contributed by atoms with Crippen molar-refractivity contribution in [1.29, 1.82) is 0 Å². The molecule has 1 saturated carbocycles. The van der Waals surface area contributed by atoms with Crippen LogP contribution in [0.3, 0.4) is 0 Å². The van der Waals surface area contributed by atoms with Crippen LogP contribution in [0.25, 0.3) is 0 Å². The van der Waals surface area contributed by atoms with Crippen LogP contribution in [0.15, 0.2) is 0 Å². The molecule has 0 spiro atoms. The molecule has 0 aromatic carbocycles. The molecule has 1 atom stereocenters. The number of amides is 3. The zero-order valence-corrected chi connectivity index (χ0v) is 15.7. The van der Waals surface area contributed by atoms with Crippen LogP contribution in [-0.4, -0.2) is 91.2 Å². The van der Waals surface area contributed by atoms with E-state index in [0.29, 0.717) is 38.7 Å². The molecule has 3 heterocycles. The Kier molecular flexibility index (Phi) is 5.64. The number of hydrogen-bond donors (Lipinski definition) is 1. The van der Waals surface area contributed by atoms with Gasteiger partial charge in [-0.15, -0.1) is 0 Å². The van der Waals surface area contributed by atoms with Crippen molar-refractivity contribution >= 4 is 11.9 Å². The third-order valence-electron chi connectivity index (χ3n) is 6.34. The van der Waals surface area contributed by atoms with Gasteiger partial charge in [0.1, 0.15) is 6.10 Å². The summed E-state index contributed by atoms with van der Waals surface area (Å²) in [6.07, 6.45) is 6.70. The third-order valence-corrected chi connectivity index (χ3v) is 6.34. The maximum Gasteiger partial charge on any atom is 0.317 e. The van der Waals surface area contributed by atoms with Crippen molar-refractivity contribution in [3.8, 4) is 0 Å². The molecule has 0 aromatic heterocycles. The van der Waals surface area contributed by atoms with E-state index in [-0.39, 0.29) is 18.0 Å². The molecule has 4 fully saturated rings. The fraction of sp³-hybridized carbons (Fsp3) is 0.895. The van der Waals surface area contributed by atoms with E-state index in [1.54, 1.807) is 0 Å². The first-order valence-electron chi connectivity index (χ1n) is 10.4. The lowest BCUT2D eigenvalue weighted by Gasteiger charge is -2.36. The molecule has 26 heavy (non-hydrogen) atoms. The molecule has 4 rings (SSSR count). The van der Waals surface area contributed by atoms with Crippen molar-refractivity contribution in [1.82, 2.24) is 20.0 Å². The molecule has 1 aliphatic carbocycles. The van der Waals surface area contributed by atoms with Crippen molar-refractivity contribution in [2.45, 2.75) is 50.7 Å². The van der Waals surface area contributed by atoms with Crippen LogP contribution in [0.5, 0.6) is 0 Å². The monoisotopic (exact) mass is 364 g/mol. The van der Waals surface area contributed by atoms with Gasteiger partial charge in [-0.25, -0.2) is 4.79 Å². The molecule has 0 aromatic rings. The van der Waals surface area contributed by atoms with Gasteiger partial charge in [-0.1, -0.05) is 0 Å². The highest BCUT2D eigenvalue weighted by Gasteiger charge is 2.33. The highest BCUT2D eigenvalue weighted by atomic mass is 16.5. The molecule has 7 heteroatoms. The highest BCUT2D eigenvalue weighted by molar-refractivity contribution is 5.81. The Labute approximate surface area is 156 Å². The van der Waals surface area contributed by atoms with Crippen LogP contribution in [0, 0.1) is 5.92 Å². The maximum absolute atomic E-state index is 12.4. The average molecular weight is 364 g/mol. The van der Waals surface area contributed by atoms with Crippen LogP contribution in [0.4, 0.5) is 4.79 Å². The number of carbonyl (C=O) groups is 2. The van der Waals surface area contributed by atoms with Crippen LogP contribution >= 0.6 is 0 Å². The van der Waals surface area contributed by atoms with E-state index < -0.39 is 0 Å². The minimum atomic E-state index is -0.253. The highest BCUT2D eigenvalue weighted by Crippen LogP contribution is 2.30. The number of rotatable bonds is 4. The van der Waals surface area contributed by atoms with Gasteiger partial charge in [-0.2, -0.15) is 0 Å². The van der Waals surface area contributed by atoms with E-state index in [4.69, 9.17) is 4.74 Å². The SMILES string of the molecule is O=C(NCC1CCN(C2CC2)CC1)N1CCN(C(=O)C2CCCO2)CC1. The fourth-order valence-corrected chi connectivity index (χ4v) is 4.41. The first-order valence-corrected chi connectivity index (χ1v) is 10.4. The number of carbonyl (C=O) groups excluding carboxylic acids is 2. The van der Waals surface area contributed by atoms with E-state index in [1.165, 1.54) is 38.8 Å². The maximum atomic E-state index is 12.4. The lowest BCUT2D eigenvalue weighted by atomic mass is 9.97. The van der Waals surface area contributed by atoms with Crippen molar-refractivity contribution in [3.05, 3.63) is 0 Å². The summed E-state index contributed by atoms with van der Waals surface area (Å²) in [5.41, 5.74) is 0. The van der Waals surface area contributed by atoms with Crippen LogP contribution in [0.2, 0.25) is 0 Å². The summed E-state index contributed by atoms with van der Waals surface area (Å²) in [4.78, 5) is 31.1. The lowest BCUT2D eigenvalue weighted by molar-refractivity contribution is -0.142. The van der Waals surface area contributed by atoms with Crippen LogP contribution in [-0.2, 0) is 9.53 Å². The second-order valence-corrected chi connectivity index (χ2v) is 8.21. The molecule has 3 aliphatic heterocycles. The topological polar surface area (TPSA) is 65.1 Å². The number of nitrogens with zero attached hydrogens (tertiary/aromatic N) is 3. The molecule has 7 nitrogen and oxygen atoms in total. The Morgan fingerprint density at radius 3 is 2.19 bits per heavy atom. The predicted molar refractivity (Wildman–Crippen MR) is 97.8 cm³/mol. The Bertz CT molecular complexity index is 503. The summed E-state index contributed by atoms with van der Waals surface area (Å²) >= 11 is 0. The number of piperidine rings is 1. The summed E-state index contributed by atoms with van der Waals surface area (Å²) in [6.45, 7) is 6.32. The molecule has 4 aliphatic rings. The van der Waals surface area contributed by atoms with E-state index in [2.05, 4.69) is 10.2 Å². The quantitative estimate of drug-likeness (QED) is 0.805. The van der Waals surface area contributed by atoms with Crippen molar-refractivity contribution in [2.75, 3.05) is 52.4 Å². The first-order chi connectivity index (χ1) is 12.7. The third kappa shape index (κ3) is 4.31. The normalized spacial score (nSPS) is 28.4. The number of urea groups is 1. The van der Waals surface area contributed by atoms with E-state index >= 15 is 0 Å². The first kappa shape index (κ1) is 18.0. The van der Waals surface area contributed by atoms with Gasteiger partial charge in [0.2, 0.25) is 0 Å².